The predicted molar refractivity (Wildman–Crippen MR) is 107 cm³/mol. The van der Waals surface area contributed by atoms with Crippen molar-refractivity contribution in [2.75, 3.05) is 5.73 Å². The molecule has 0 saturated carbocycles. The highest BCUT2D eigenvalue weighted by molar-refractivity contribution is 5.91. The van der Waals surface area contributed by atoms with Gasteiger partial charge in [-0.2, -0.15) is 15.6 Å². The summed E-state index contributed by atoms with van der Waals surface area (Å²) in [5, 5.41) is 36.2. The van der Waals surface area contributed by atoms with Crippen LogP contribution in [0.2, 0.25) is 0 Å². The summed E-state index contributed by atoms with van der Waals surface area (Å²) in [6, 6.07) is 7.82. The van der Waals surface area contributed by atoms with Gasteiger partial charge in [0, 0.05) is 11.1 Å². The van der Waals surface area contributed by atoms with Crippen LogP contribution in [0.25, 0.3) is 11.6 Å². The molecule has 0 fully saturated rings. The van der Waals surface area contributed by atoms with E-state index in [1.54, 1.807) is 6.08 Å². The molecule has 0 aliphatic heterocycles. The third-order valence-corrected chi connectivity index (χ3v) is 4.36. The van der Waals surface area contributed by atoms with Gasteiger partial charge in [0.2, 0.25) is 0 Å². The summed E-state index contributed by atoms with van der Waals surface area (Å²) < 4.78 is 0. The standard InChI is InChI=1S/C21H25N5O/c1-20(2,3)15-8-12(9-16(18(15)27)21(4,5)6)7-13(10-22)17-14(11-23)19(24)26-25-17/h7-9,27H,1-6H3,(H3,24,25,26). The summed E-state index contributed by atoms with van der Waals surface area (Å²) in [7, 11) is 0. The van der Waals surface area contributed by atoms with Gasteiger partial charge in [0.1, 0.15) is 23.5 Å². The van der Waals surface area contributed by atoms with Crippen molar-refractivity contribution < 1.29 is 5.11 Å². The number of aromatic amines is 1. The quantitative estimate of drug-likeness (QED) is 0.689. The maximum absolute atomic E-state index is 10.8. The Kier molecular flexibility index (Phi) is 5.06. The van der Waals surface area contributed by atoms with Crippen molar-refractivity contribution in [2.45, 2.75) is 52.4 Å². The largest absolute Gasteiger partial charge is 0.507 e. The molecule has 4 N–H and O–H groups in total. The lowest BCUT2D eigenvalue weighted by molar-refractivity contribution is 0.423. The second kappa shape index (κ2) is 6.81. The number of hydrogen-bond donors (Lipinski definition) is 3. The van der Waals surface area contributed by atoms with Gasteiger partial charge in [0.15, 0.2) is 5.82 Å². The van der Waals surface area contributed by atoms with Crippen molar-refractivity contribution in [3.63, 3.8) is 0 Å². The molecule has 0 amide bonds. The zero-order valence-electron chi connectivity index (χ0n) is 16.6. The van der Waals surface area contributed by atoms with Gasteiger partial charge in [-0.05, 0) is 34.6 Å². The van der Waals surface area contributed by atoms with Crippen molar-refractivity contribution in [1.29, 1.82) is 10.5 Å². The molecule has 2 aromatic rings. The number of nitrogen functional groups attached to an aromatic ring is 1. The van der Waals surface area contributed by atoms with Crippen LogP contribution in [0.4, 0.5) is 5.82 Å². The molecule has 0 saturated heterocycles. The minimum absolute atomic E-state index is 0.0603. The average Bonchev–Trinajstić information content (AvgIpc) is 2.92. The molecule has 0 radical (unpaired) electrons. The van der Waals surface area contributed by atoms with Gasteiger partial charge in [-0.15, -0.1) is 0 Å². The number of H-pyrrole nitrogens is 1. The van der Waals surface area contributed by atoms with Gasteiger partial charge >= 0.3 is 0 Å². The van der Waals surface area contributed by atoms with E-state index in [-0.39, 0.29) is 33.5 Å². The molecule has 2 rings (SSSR count). The van der Waals surface area contributed by atoms with Gasteiger partial charge in [-0.25, -0.2) is 0 Å². The Bertz CT molecular complexity index is 951. The molecule has 0 spiro atoms. The van der Waals surface area contributed by atoms with E-state index in [0.717, 1.165) is 16.7 Å². The lowest BCUT2D eigenvalue weighted by atomic mass is 9.78. The number of benzene rings is 1. The molecule has 6 heteroatoms. The van der Waals surface area contributed by atoms with E-state index in [4.69, 9.17) is 5.73 Å². The van der Waals surface area contributed by atoms with Crippen LogP contribution in [0.15, 0.2) is 12.1 Å². The second-order valence-corrected chi connectivity index (χ2v) is 8.61. The summed E-state index contributed by atoms with van der Waals surface area (Å²) in [4.78, 5) is 0. The van der Waals surface area contributed by atoms with Crippen LogP contribution in [0.3, 0.4) is 0 Å². The normalized spacial score (nSPS) is 12.5. The van der Waals surface area contributed by atoms with E-state index in [1.807, 2.05) is 59.7 Å². The van der Waals surface area contributed by atoms with Gasteiger partial charge in [0.05, 0.1) is 11.3 Å². The average molecular weight is 363 g/mol. The predicted octanol–water partition coefficient (Wildman–Crippen LogP) is 4.23. The molecule has 140 valence electrons. The molecular weight excluding hydrogens is 338 g/mol. The minimum atomic E-state index is -0.281. The van der Waals surface area contributed by atoms with Gasteiger partial charge in [-0.1, -0.05) is 41.5 Å². The van der Waals surface area contributed by atoms with E-state index in [1.165, 1.54) is 0 Å². The maximum atomic E-state index is 10.8. The van der Waals surface area contributed by atoms with Gasteiger partial charge in [-0.3, -0.25) is 5.10 Å². The van der Waals surface area contributed by atoms with Gasteiger partial charge in [0.25, 0.3) is 0 Å². The third-order valence-electron chi connectivity index (χ3n) is 4.36. The first-order valence-corrected chi connectivity index (χ1v) is 8.64. The van der Waals surface area contributed by atoms with Crippen molar-refractivity contribution in [1.82, 2.24) is 10.2 Å². The number of nitrogens with two attached hydrogens (primary N) is 1. The lowest BCUT2D eigenvalue weighted by Crippen LogP contribution is -2.17. The molecule has 0 bridgehead atoms. The molecule has 0 atom stereocenters. The molecule has 27 heavy (non-hydrogen) atoms. The fraction of sp³-hybridized carbons (Fsp3) is 0.381. The Hall–Kier alpha value is -3.25. The summed E-state index contributed by atoms with van der Waals surface area (Å²) in [6.45, 7) is 12.1. The summed E-state index contributed by atoms with van der Waals surface area (Å²) in [5.41, 5.74) is 8.16. The van der Waals surface area contributed by atoms with Crippen molar-refractivity contribution in [3.05, 3.63) is 40.1 Å². The highest BCUT2D eigenvalue weighted by atomic mass is 16.3. The fourth-order valence-corrected chi connectivity index (χ4v) is 2.87. The third kappa shape index (κ3) is 3.96. The molecular formula is C21H25N5O. The topological polar surface area (TPSA) is 123 Å². The molecule has 6 nitrogen and oxygen atoms in total. The Morgan fingerprint density at radius 2 is 1.63 bits per heavy atom. The van der Waals surface area contributed by atoms with Crippen LogP contribution in [0.5, 0.6) is 5.75 Å². The number of phenolic OH excluding ortho intramolecular Hbond substituents is 1. The zero-order valence-corrected chi connectivity index (χ0v) is 16.6. The summed E-state index contributed by atoms with van der Waals surface area (Å²) in [6.07, 6.45) is 1.68. The second-order valence-electron chi connectivity index (χ2n) is 8.61. The number of phenols is 1. The highest BCUT2D eigenvalue weighted by Crippen LogP contribution is 2.40. The number of nitrogens with zero attached hydrogens (tertiary/aromatic N) is 3. The summed E-state index contributed by atoms with van der Waals surface area (Å²) in [5.74, 6) is 0.333. The number of allylic oxidation sites excluding steroid dienone is 1. The van der Waals surface area contributed by atoms with Crippen molar-refractivity contribution >= 4 is 17.5 Å². The Balaban J connectivity index is 2.76. The number of anilines is 1. The van der Waals surface area contributed by atoms with Crippen LogP contribution in [-0.4, -0.2) is 15.3 Å². The van der Waals surface area contributed by atoms with E-state index in [9.17, 15) is 15.6 Å². The number of nitriles is 2. The molecule has 0 unspecified atom stereocenters. The van der Waals surface area contributed by atoms with E-state index in [0.29, 0.717) is 5.69 Å². The molecule has 1 heterocycles. The number of nitrogens with one attached hydrogen (secondary N) is 1. The van der Waals surface area contributed by atoms with Crippen molar-refractivity contribution in [3.8, 4) is 17.9 Å². The van der Waals surface area contributed by atoms with Crippen LogP contribution >= 0.6 is 0 Å². The minimum Gasteiger partial charge on any atom is -0.507 e. The number of aromatic nitrogens is 2. The monoisotopic (exact) mass is 363 g/mol. The Morgan fingerprint density at radius 3 is 2.04 bits per heavy atom. The smallest absolute Gasteiger partial charge is 0.163 e. The van der Waals surface area contributed by atoms with E-state index < -0.39 is 0 Å². The molecule has 1 aromatic heterocycles. The Morgan fingerprint density at radius 1 is 1.11 bits per heavy atom. The van der Waals surface area contributed by atoms with Crippen LogP contribution in [0.1, 0.15) is 69.5 Å². The first kappa shape index (κ1) is 20.1. The Labute approximate surface area is 159 Å². The molecule has 1 aromatic carbocycles. The number of hydrogen-bond acceptors (Lipinski definition) is 5. The van der Waals surface area contributed by atoms with E-state index >= 15 is 0 Å². The molecule has 0 aliphatic rings. The maximum Gasteiger partial charge on any atom is 0.163 e. The van der Waals surface area contributed by atoms with Gasteiger partial charge < -0.3 is 10.8 Å². The first-order valence-electron chi connectivity index (χ1n) is 8.64. The van der Waals surface area contributed by atoms with Crippen LogP contribution < -0.4 is 5.73 Å². The SMILES string of the molecule is CC(C)(C)c1cc(C=C(C#N)c2[nH]nc(N)c2C#N)cc(C(C)(C)C)c1O. The summed E-state index contributed by atoms with van der Waals surface area (Å²) >= 11 is 0. The number of rotatable bonds is 2. The highest BCUT2D eigenvalue weighted by Gasteiger charge is 2.26. The van der Waals surface area contributed by atoms with Crippen LogP contribution in [-0.2, 0) is 10.8 Å². The lowest BCUT2D eigenvalue weighted by Gasteiger charge is -2.28. The van der Waals surface area contributed by atoms with Crippen molar-refractivity contribution in [2.24, 2.45) is 0 Å². The zero-order chi connectivity index (χ0) is 20.6. The van der Waals surface area contributed by atoms with E-state index in [2.05, 4.69) is 16.3 Å². The first-order chi connectivity index (χ1) is 12.4. The molecule has 0 aliphatic carbocycles. The fourth-order valence-electron chi connectivity index (χ4n) is 2.87. The van der Waals surface area contributed by atoms with Crippen LogP contribution in [0, 0.1) is 22.7 Å². The number of aromatic hydroxyl groups is 1.